The first-order valence-corrected chi connectivity index (χ1v) is 28.6. The smallest absolute Gasteiger partial charge is 0.319 e. The Labute approximate surface area is 380 Å². The number of carbonyl (C=O) groups is 3. The summed E-state index contributed by atoms with van der Waals surface area (Å²) in [5.41, 5.74) is -0.630. The topological polar surface area (TPSA) is 97.4 Å². The van der Waals surface area contributed by atoms with Gasteiger partial charge in [-0.3, -0.25) is 14.4 Å². The van der Waals surface area contributed by atoms with Gasteiger partial charge in [-0.15, -0.1) is 0 Å². The average molecular weight is 897 g/mol. The predicted molar refractivity (Wildman–Crippen MR) is 257 cm³/mol. The van der Waals surface area contributed by atoms with Crippen molar-refractivity contribution in [1.82, 2.24) is 0 Å². The van der Waals surface area contributed by atoms with Gasteiger partial charge in [0.25, 0.3) is 8.32 Å². The molecule has 2 aromatic rings. The van der Waals surface area contributed by atoms with Crippen molar-refractivity contribution in [2.45, 2.75) is 161 Å². The van der Waals surface area contributed by atoms with Crippen LogP contribution in [0.2, 0.25) is 23.2 Å². The molecule has 2 aliphatic carbocycles. The van der Waals surface area contributed by atoms with Gasteiger partial charge in [0.15, 0.2) is 14.1 Å². The number of allylic oxidation sites excluding steroid dienone is 5. The Kier molecular flexibility index (Phi) is 16.2. The molecule has 2 aromatic carbocycles. The van der Waals surface area contributed by atoms with Crippen molar-refractivity contribution in [2.24, 2.45) is 29.1 Å². The Morgan fingerprint density at radius 1 is 0.889 bits per heavy atom. The molecule has 0 amide bonds. The molecule has 2 aliphatic heterocycles. The standard InChI is InChI=1S/C53H76O8Si2/c1-10-15-17-18-19-23-28-39-36-46-52(34-35-58-63(51(6,7)8,40-29-24-20-25-30-40)41-31-26-21-27-32-41)38-43(49(55)57-9)48(54)47-42(39)37-45(59-53(46,47)60-50(52)56)44(33-22-16-11-2)61-62(12-3,13-4)14-5/h10-11,15-16,20-21,24-27,29-32,36,39,42-45,47H,12-14,17-19,22-23,28,33-35,37-38H2,1-9H3/b15-10+,16-11+/t39-,42+,43?,44-,45+,47+,52+,53+/m0/s1. The van der Waals surface area contributed by atoms with Crippen LogP contribution in [0.4, 0.5) is 0 Å². The number of ether oxygens (including phenoxy) is 3. The molecule has 6 rings (SSSR count). The van der Waals surface area contributed by atoms with Gasteiger partial charge in [0, 0.05) is 12.2 Å². The van der Waals surface area contributed by atoms with Crippen molar-refractivity contribution < 1.29 is 37.4 Å². The molecule has 10 heteroatoms. The van der Waals surface area contributed by atoms with Crippen LogP contribution in [0.15, 0.2) is 96.6 Å². The number of benzene rings is 2. The molecule has 8 nitrogen and oxygen atoms in total. The second kappa shape index (κ2) is 20.8. The summed E-state index contributed by atoms with van der Waals surface area (Å²) in [6, 6.07) is 23.9. The van der Waals surface area contributed by atoms with Crippen LogP contribution in [0.25, 0.3) is 0 Å². The Bertz CT molecular complexity index is 1900. The number of rotatable bonds is 22. The largest absolute Gasteiger partial charge is 0.468 e. The maximum Gasteiger partial charge on any atom is 0.319 e. The van der Waals surface area contributed by atoms with Crippen molar-refractivity contribution in [3.8, 4) is 0 Å². The fraction of sp³-hybridized carbons (Fsp3) is 0.604. The normalized spacial score (nSPS) is 27.6. The maximum absolute atomic E-state index is 15.3. The molecule has 63 heavy (non-hydrogen) atoms. The van der Waals surface area contributed by atoms with Crippen LogP contribution in [0.1, 0.15) is 120 Å². The van der Waals surface area contributed by atoms with E-state index in [0.29, 0.717) is 12.0 Å². The molecule has 2 saturated heterocycles. The maximum atomic E-state index is 15.3. The lowest BCUT2D eigenvalue weighted by Crippen LogP contribution is -2.66. The van der Waals surface area contributed by atoms with Crippen LogP contribution in [0.3, 0.4) is 0 Å². The number of hydrogen-bond acceptors (Lipinski definition) is 8. The average Bonchev–Trinajstić information content (AvgIpc) is 3.47. The van der Waals surface area contributed by atoms with Crippen molar-refractivity contribution in [1.29, 1.82) is 0 Å². The molecule has 1 unspecified atom stereocenters. The van der Waals surface area contributed by atoms with Crippen LogP contribution in [0, 0.1) is 29.1 Å². The van der Waals surface area contributed by atoms with Gasteiger partial charge < -0.3 is 23.1 Å². The summed E-state index contributed by atoms with van der Waals surface area (Å²) in [6.45, 7) is 17.8. The number of ketones is 1. The molecule has 1 saturated carbocycles. The highest BCUT2D eigenvalue weighted by Gasteiger charge is 2.75. The summed E-state index contributed by atoms with van der Waals surface area (Å²) in [6.07, 6.45) is 17.6. The number of esters is 2. The molecule has 0 aromatic heterocycles. The molecule has 344 valence electrons. The summed E-state index contributed by atoms with van der Waals surface area (Å²) in [5.74, 6) is -5.12. The highest BCUT2D eigenvalue weighted by atomic mass is 28.4. The number of unbranched alkanes of at least 4 members (excludes halogenated alkanes) is 3. The monoisotopic (exact) mass is 897 g/mol. The molecule has 0 radical (unpaired) electrons. The van der Waals surface area contributed by atoms with Gasteiger partial charge in [-0.1, -0.05) is 145 Å². The Hall–Kier alpha value is -3.42. The number of methoxy groups -OCH3 is 1. The van der Waals surface area contributed by atoms with Gasteiger partial charge in [-0.2, -0.15) is 0 Å². The van der Waals surface area contributed by atoms with Crippen molar-refractivity contribution in [3.63, 3.8) is 0 Å². The van der Waals surface area contributed by atoms with E-state index in [1.807, 2.05) is 19.1 Å². The molecule has 8 atom stereocenters. The van der Waals surface area contributed by atoms with E-state index in [1.165, 1.54) is 7.11 Å². The molecule has 1 spiro atoms. The van der Waals surface area contributed by atoms with Gasteiger partial charge in [-0.05, 0) is 111 Å². The second-order valence-corrected chi connectivity index (χ2v) is 28.6. The van der Waals surface area contributed by atoms with E-state index < -0.39 is 57.7 Å². The highest BCUT2D eigenvalue weighted by Crippen LogP contribution is 2.66. The summed E-state index contributed by atoms with van der Waals surface area (Å²) in [4.78, 5) is 44.5. The highest BCUT2D eigenvalue weighted by molar-refractivity contribution is 6.99. The first-order chi connectivity index (χ1) is 30.3. The van der Waals surface area contributed by atoms with E-state index in [0.717, 1.165) is 73.5 Å². The zero-order chi connectivity index (χ0) is 45.5. The van der Waals surface area contributed by atoms with E-state index in [4.69, 9.17) is 23.1 Å². The van der Waals surface area contributed by atoms with Crippen molar-refractivity contribution in [3.05, 3.63) is 96.6 Å². The summed E-state index contributed by atoms with van der Waals surface area (Å²) < 4.78 is 34.4. The van der Waals surface area contributed by atoms with E-state index in [2.05, 4.69) is 127 Å². The predicted octanol–water partition coefficient (Wildman–Crippen LogP) is 10.8. The third kappa shape index (κ3) is 9.36. The number of hydrogen-bond donors (Lipinski definition) is 0. The molecule has 3 fully saturated rings. The van der Waals surface area contributed by atoms with E-state index in [1.54, 1.807) is 0 Å². The molecular formula is C53H76O8Si2. The quantitative estimate of drug-likeness (QED) is 0.0379. The second-order valence-electron chi connectivity index (χ2n) is 19.6. The first-order valence-electron chi connectivity index (χ1n) is 24.2. The van der Waals surface area contributed by atoms with Crippen molar-refractivity contribution >= 4 is 44.7 Å². The minimum absolute atomic E-state index is 0.0141. The Balaban J connectivity index is 1.48. The lowest BCUT2D eigenvalue weighted by Gasteiger charge is -2.54. The van der Waals surface area contributed by atoms with Gasteiger partial charge in [0.05, 0.1) is 30.7 Å². The minimum atomic E-state index is -3.02. The number of carbonyl (C=O) groups excluding carboxylic acids is 3. The van der Waals surface area contributed by atoms with Crippen molar-refractivity contribution in [2.75, 3.05) is 13.7 Å². The van der Waals surface area contributed by atoms with Crippen LogP contribution in [0.5, 0.6) is 0 Å². The molecule has 2 heterocycles. The zero-order valence-corrected chi connectivity index (χ0v) is 41.8. The minimum Gasteiger partial charge on any atom is -0.468 e. The van der Waals surface area contributed by atoms with Crippen LogP contribution >= 0.6 is 0 Å². The summed E-state index contributed by atoms with van der Waals surface area (Å²) in [7, 11) is -3.82. The first kappa shape index (κ1) is 49.0. The molecule has 0 N–H and O–H groups in total. The summed E-state index contributed by atoms with van der Waals surface area (Å²) >= 11 is 0. The zero-order valence-electron chi connectivity index (χ0n) is 39.8. The van der Waals surface area contributed by atoms with Crippen LogP contribution in [-0.4, -0.2) is 66.1 Å². The molecule has 4 aliphatic rings. The van der Waals surface area contributed by atoms with Gasteiger partial charge >= 0.3 is 11.9 Å². The Morgan fingerprint density at radius 2 is 1.51 bits per heavy atom. The van der Waals surface area contributed by atoms with Crippen LogP contribution in [-0.2, 0) is 37.4 Å². The number of Topliss-reactive ketones (excluding diaryl/α,β-unsaturated/α-hetero) is 1. The Morgan fingerprint density at radius 3 is 2.08 bits per heavy atom. The van der Waals surface area contributed by atoms with Gasteiger partial charge in [0.1, 0.15) is 5.92 Å². The van der Waals surface area contributed by atoms with Gasteiger partial charge in [0.2, 0.25) is 5.79 Å². The van der Waals surface area contributed by atoms with Crippen LogP contribution < -0.4 is 10.4 Å². The third-order valence-corrected chi connectivity index (χ3v) is 25.0. The molecular weight excluding hydrogens is 821 g/mol. The SMILES string of the molecule is C/C=C/CCCCC[C@H]1C=C2[C@@]3(CCO[Si](c4ccccc4)(c4ccccc4)C(C)(C)C)CC(C(=O)OC)C(=O)[C@H]4[C@@H]1C[C@H]([C@H](CC/C=C/C)O[Si](CC)(CC)CC)O[C@@]24OC3=O. The molecule has 5 bridgehead atoms. The lowest BCUT2D eigenvalue weighted by atomic mass is 9.60. The lowest BCUT2D eigenvalue weighted by molar-refractivity contribution is -0.287. The fourth-order valence-corrected chi connectivity index (χ4v) is 19.3. The van der Waals surface area contributed by atoms with E-state index in [-0.39, 0.29) is 48.2 Å². The fourth-order valence-electron chi connectivity index (χ4n) is 11.8. The third-order valence-electron chi connectivity index (χ3n) is 15.3. The van der Waals surface area contributed by atoms with Gasteiger partial charge in [-0.25, -0.2) is 0 Å². The van der Waals surface area contributed by atoms with E-state index in [9.17, 15) is 4.79 Å². The van der Waals surface area contributed by atoms with E-state index >= 15 is 9.59 Å². The summed E-state index contributed by atoms with van der Waals surface area (Å²) in [5, 5.41) is 1.98.